The number of hydrogen-bond acceptors (Lipinski definition) is 6. The number of nitrogens with zero attached hydrogens (tertiary/aromatic N) is 5. The number of rotatable bonds is 2. The first-order valence-corrected chi connectivity index (χ1v) is 7.77. The lowest BCUT2D eigenvalue weighted by atomic mass is 10.0. The Morgan fingerprint density at radius 3 is 2.83 bits per heavy atom. The zero-order valence-corrected chi connectivity index (χ0v) is 12.7. The third-order valence-corrected chi connectivity index (χ3v) is 4.28. The number of ether oxygens (including phenoxy) is 1. The van der Waals surface area contributed by atoms with E-state index in [1.807, 2.05) is 0 Å². The number of nitrogens with one attached hydrogen (secondary N) is 1. The highest BCUT2D eigenvalue weighted by Gasteiger charge is 2.27. The summed E-state index contributed by atoms with van der Waals surface area (Å²) >= 11 is 0. The van der Waals surface area contributed by atoms with Crippen LogP contribution in [-0.4, -0.2) is 63.6 Å². The van der Waals surface area contributed by atoms with Crippen molar-refractivity contribution in [1.29, 1.82) is 0 Å². The third kappa shape index (κ3) is 2.65. The topological polar surface area (TPSA) is 87.2 Å². The molecule has 0 saturated carbocycles. The van der Waals surface area contributed by atoms with E-state index in [2.05, 4.69) is 24.8 Å². The van der Waals surface area contributed by atoms with E-state index < -0.39 is 0 Å². The fraction of sp³-hybridized carbons (Fsp3) is 0.467. The molecule has 0 unspecified atom stereocenters. The molecule has 1 amide bonds. The van der Waals surface area contributed by atoms with Crippen molar-refractivity contribution >= 4 is 11.7 Å². The fourth-order valence-electron chi connectivity index (χ4n) is 3.09. The van der Waals surface area contributed by atoms with Gasteiger partial charge in [0, 0.05) is 37.6 Å². The van der Waals surface area contributed by atoms with E-state index in [-0.39, 0.29) is 5.91 Å². The number of imidazole rings is 1. The molecule has 0 radical (unpaired) electrons. The van der Waals surface area contributed by atoms with Crippen molar-refractivity contribution in [2.75, 3.05) is 37.7 Å². The van der Waals surface area contributed by atoms with Gasteiger partial charge in [-0.1, -0.05) is 0 Å². The van der Waals surface area contributed by atoms with Crippen LogP contribution >= 0.6 is 0 Å². The highest BCUT2D eigenvalue weighted by atomic mass is 16.5. The zero-order valence-electron chi connectivity index (χ0n) is 12.7. The molecule has 120 valence electrons. The summed E-state index contributed by atoms with van der Waals surface area (Å²) in [5, 5.41) is 0. The molecular weight excluding hydrogens is 296 g/mol. The highest BCUT2D eigenvalue weighted by Crippen LogP contribution is 2.26. The van der Waals surface area contributed by atoms with Gasteiger partial charge in [0.1, 0.15) is 12.1 Å². The van der Waals surface area contributed by atoms with Crippen LogP contribution in [0.25, 0.3) is 0 Å². The number of fused-ring (bicyclic) bond motifs is 1. The molecule has 4 rings (SSSR count). The lowest BCUT2D eigenvalue weighted by Gasteiger charge is -2.33. The van der Waals surface area contributed by atoms with Crippen LogP contribution in [0.15, 0.2) is 18.7 Å². The minimum atomic E-state index is -0.0906. The highest BCUT2D eigenvalue weighted by molar-refractivity contribution is 5.90. The molecule has 1 saturated heterocycles. The summed E-state index contributed by atoms with van der Waals surface area (Å²) < 4.78 is 5.41. The van der Waals surface area contributed by atoms with Crippen LogP contribution in [0.5, 0.6) is 0 Å². The molecule has 0 spiro atoms. The molecule has 0 atom stereocenters. The molecule has 1 fully saturated rings. The van der Waals surface area contributed by atoms with Gasteiger partial charge in [0.15, 0.2) is 5.82 Å². The first-order valence-electron chi connectivity index (χ1n) is 7.77. The second kappa shape index (κ2) is 5.96. The predicted molar refractivity (Wildman–Crippen MR) is 82.1 cm³/mol. The zero-order chi connectivity index (χ0) is 15.6. The molecule has 2 aliphatic rings. The van der Waals surface area contributed by atoms with Gasteiger partial charge >= 0.3 is 0 Å². The van der Waals surface area contributed by atoms with Crippen molar-refractivity contribution in [3.63, 3.8) is 0 Å². The second-order valence-corrected chi connectivity index (χ2v) is 5.64. The van der Waals surface area contributed by atoms with Crippen molar-refractivity contribution in [3.8, 4) is 0 Å². The number of morpholine rings is 1. The van der Waals surface area contributed by atoms with Gasteiger partial charge in [0.05, 0.1) is 25.5 Å². The number of carbonyl (C=O) groups is 1. The molecule has 23 heavy (non-hydrogen) atoms. The third-order valence-electron chi connectivity index (χ3n) is 4.28. The Labute approximate surface area is 133 Å². The summed E-state index contributed by atoms with van der Waals surface area (Å²) in [6.07, 6.45) is 5.59. The van der Waals surface area contributed by atoms with Crippen molar-refractivity contribution < 1.29 is 9.53 Å². The predicted octanol–water partition coefficient (Wildman–Crippen LogP) is 0.235. The molecule has 8 nitrogen and oxygen atoms in total. The smallest absolute Gasteiger partial charge is 0.290 e. The van der Waals surface area contributed by atoms with Crippen molar-refractivity contribution in [3.05, 3.63) is 35.8 Å². The van der Waals surface area contributed by atoms with Gasteiger partial charge < -0.3 is 19.5 Å². The van der Waals surface area contributed by atoms with E-state index in [1.165, 1.54) is 0 Å². The average Bonchev–Trinajstić information content (AvgIpc) is 3.15. The number of H-pyrrole nitrogens is 1. The SMILES string of the molecule is O=C(c1ncc[nH]1)N1CCc2c(ncnc2N2CCOCC2)C1. The lowest BCUT2D eigenvalue weighted by molar-refractivity contribution is 0.0720. The maximum absolute atomic E-state index is 12.4. The van der Waals surface area contributed by atoms with Crippen LogP contribution in [0.2, 0.25) is 0 Å². The standard InChI is InChI=1S/C15H18N6O2/c22-15(13-16-2-3-17-13)21-4-1-11-12(9-21)18-10-19-14(11)20-5-7-23-8-6-20/h2-3,10H,1,4-9H2,(H,16,17). The van der Waals surface area contributed by atoms with Crippen LogP contribution in [-0.2, 0) is 17.7 Å². The van der Waals surface area contributed by atoms with E-state index in [4.69, 9.17) is 4.74 Å². The van der Waals surface area contributed by atoms with Crippen molar-refractivity contribution in [2.24, 2.45) is 0 Å². The minimum Gasteiger partial charge on any atom is -0.378 e. The summed E-state index contributed by atoms with van der Waals surface area (Å²) in [4.78, 5) is 32.2. The Kier molecular flexibility index (Phi) is 3.66. The quantitative estimate of drug-likeness (QED) is 0.854. The molecule has 0 aromatic carbocycles. The Morgan fingerprint density at radius 1 is 1.17 bits per heavy atom. The van der Waals surface area contributed by atoms with E-state index in [1.54, 1.807) is 23.6 Å². The van der Waals surface area contributed by atoms with Gasteiger partial charge in [-0.25, -0.2) is 15.0 Å². The maximum Gasteiger partial charge on any atom is 0.290 e. The molecule has 1 N–H and O–H groups in total. The first kappa shape index (κ1) is 14.1. The molecule has 8 heteroatoms. The van der Waals surface area contributed by atoms with Gasteiger partial charge in [-0.3, -0.25) is 4.79 Å². The number of aromatic nitrogens is 4. The average molecular weight is 314 g/mol. The lowest BCUT2D eigenvalue weighted by Crippen LogP contribution is -2.40. The van der Waals surface area contributed by atoms with Crippen molar-refractivity contribution in [1.82, 2.24) is 24.8 Å². The molecule has 0 bridgehead atoms. The van der Waals surface area contributed by atoms with Gasteiger partial charge in [-0.15, -0.1) is 0 Å². The van der Waals surface area contributed by atoms with Gasteiger partial charge in [-0.05, 0) is 6.42 Å². The van der Waals surface area contributed by atoms with Crippen LogP contribution in [0.1, 0.15) is 21.9 Å². The van der Waals surface area contributed by atoms with Crippen LogP contribution in [0, 0.1) is 0 Å². The van der Waals surface area contributed by atoms with Gasteiger partial charge in [-0.2, -0.15) is 0 Å². The summed E-state index contributed by atoms with van der Waals surface area (Å²) in [7, 11) is 0. The number of carbonyl (C=O) groups excluding carboxylic acids is 1. The summed E-state index contributed by atoms with van der Waals surface area (Å²) in [5.74, 6) is 1.27. The minimum absolute atomic E-state index is 0.0906. The normalized spacial score (nSPS) is 17.9. The van der Waals surface area contributed by atoms with Crippen LogP contribution in [0.3, 0.4) is 0 Å². The number of aromatic amines is 1. The Hall–Kier alpha value is -2.48. The first-order chi connectivity index (χ1) is 11.3. The largest absolute Gasteiger partial charge is 0.378 e. The van der Waals surface area contributed by atoms with Crippen LogP contribution < -0.4 is 4.90 Å². The Morgan fingerprint density at radius 2 is 2.04 bits per heavy atom. The Balaban J connectivity index is 1.57. The van der Waals surface area contributed by atoms with Crippen LogP contribution in [0.4, 0.5) is 5.82 Å². The molecule has 0 aliphatic carbocycles. The van der Waals surface area contributed by atoms with Crippen molar-refractivity contribution in [2.45, 2.75) is 13.0 Å². The summed E-state index contributed by atoms with van der Waals surface area (Å²) in [6.45, 7) is 4.28. The molecular formula is C15H18N6O2. The molecule has 2 aromatic rings. The second-order valence-electron chi connectivity index (χ2n) is 5.64. The molecule has 2 aliphatic heterocycles. The van der Waals surface area contributed by atoms with E-state index >= 15 is 0 Å². The number of anilines is 1. The van der Waals surface area contributed by atoms with E-state index in [0.717, 1.165) is 49.8 Å². The monoisotopic (exact) mass is 314 g/mol. The maximum atomic E-state index is 12.4. The van der Waals surface area contributed by atoms with Gasteiger partial charge in [0.2, 0.25) is 0 Å². The number of amides is 1. The van der Waals surface area contributed by atoms with E-state index in [9.17, 15) is 4.79 Å². The summed E-state index contributed by atoms with van der Waals surface area (Å²) in [5.41, 5.74) is 2.07. The van der Waals surface area contributed by atoms with Gasteiger partial charge in [0.25, 0.3) is 5.91 Å². The summed E-state index contributed by atoms with van der Waals surface area (Å²) in [6, 6.07) is 0. The fourth-order valence-corrected chi connectivity index (χ4v) is 3.09. The molecule has 2 aromatic heterocycles. The molecule has 4 heterocycles. The van der Waals surface area contributed by atoms with E-state index in [0.29, 0.717) is 18.9 Å². The Bertz CT molecular complexity index is 696. The number of hydrogen-bond donors (Lipinski definition) is 1.